The lowest BCUT2D eigenvalue weighted by atomic mass is 9.84. The minimum atomic E-state index is -0.817. The molecule has 0 bridgehead atoms. The Bertz CT molecular complexity index is 987. The highest BCUT2D eigenvalue weighted by Gasteiger charge is 2.28. The average molecular weight is 487 g/mol. The minimum absolute atomic E-state index is 0.138. The normalized spacial score (nSPS) is 15.3. The monoisotopic (exact) mass is 486 g/mol. The van der Waals surface area contributed by atoms with Gasteiger partial charge in [-0.2, -0.15) is 0 Å². The number of nitrogens with two attached hydrogens (primary N) is 1. The smallest absolute Gasteiger partial charge is 0.160 e. The molecule has 0 saturated heterocycles. The van der Waals surface area contributed by atoms with Crippen LogP contribution in [0.3, 0.4) is 0 Å². The average Bonchev–Trinajstić information content (AvgIpc) is 2.85. The summed E-state index contributed by atoms with van der Waals surface area (Å²) in [5, 5.41) is 8.20. The first kappa shape index (κ1) is 28.3. The van der Waals surface area contributed by atoms with Crippen LogP contribution in [0.2, 0.25) is 0 Å². The van der Waals surface area contributed by atoms with Gasteiger partial charge >= 0.3 is 0 Å². The summed E-state index contributed by atoms with van der Waals surface area (Å²) in [5.41, 5.74) is 10.9. The summed E-state index contributed by atoms with van der Waals surface area (Å²) < 4.78 is 24.5. The van der Waals surface area contributed by atoms with Crippen molar-refractivity contribution in [2.24, 2.45) is 17.8 Å². The molecule has 192 valence electrons. The van der Waals surface area contributed by atoms with Crippen LogP contribution >= 0.6 is 0 Å². The van der Waals surface area contributed by atoms with E-state index in [0.29, 0.717) is 23.8 Å². The number of benzene rings is 1. The van der Waals surface area contributed by atoms with Gasteiger partial charge in [0.2, 0.25) is 0 Å². The number of rotatable bonds is 8. The van der Waals surface area contributed by atoms with E-state index in [1.165, 1.54) is 37.8 Å². The van der Waals surface area contributed by atoms with Crippen LogP contribution in [0.1, 0.15) is 66.2 Å². The van der Waals surface area contributed by atoms with Crippen LogP contribution in [-0.4, -0.2) is 10.2 Å². The van der Waals surface area contributed by atoms with Crippen molar-refractivity contribution in [2.45, 2.75) is 66.2 Å². The molecule has 4 N–H and O–H groups in total. The molecule has 1 unspecified atom stereocenters. The van der Waals surface area contributed by atoms with Crippen molar-refractivity contribution in [1.82, 2.24) is 4.98 Å². The molecule has 1 aromatic heterocycles. The highest BCUT2D eigenvalue weighted by molar-refractivity contribution is 5.68. The molecule has 2 aromatic rings. The Balaban J connectivity index is 0.000000360. The first-order chi connectivity index (χ1) is 16.7. The summed E-state index contributed by atoms with van der Waals surface area (Å²) in [5.74, 6) is 0.787. The molecule has 1 aliphatic rings. The van der Waals surface area contributed by atoms with Crippen molar-refractivity contribution in [3.8, 4) is 0 Å². The van der Waals surface area contributed by atoms with Crippen LogP contribution in [0.25, 0.3) is 0 Å². The molecule has 0 spiro atoms. The maximum atomic E-state index is 12.4. The number of nitrogens with one attached hydrogen (secondary N) is 1. The van der Waals surface area contributed by atoms with Gasteiger partial charge in [0.05, 0.1) is 11.4 Å². The van der Waals surface area contributed by atoms with Crippen LogP contribution in [0.5, 0.6) is 0 Å². The highest BCUT2D eigenvalue weighted by atomic mass is 19.1. The van der Waals surface area contributed by atoms with Gasteiger partial charge in [-0.15, -0.1) is 0 Å². The van der Waals surface area contributed by atoms with Crippen molar-refractivity contribution in [3.05, 3.63) is 72.2 Å². The lowest BCUT2D eigenvalue weighted by molar-refractivity contribution is 0.383. The lowest BCUT2D eigenvalue weighted by Gasteiger charge is -2.37. The van der Waals surface area contributed by atoms with Gasteiger partial charge in [-0.3, -0.25) is 10.7 Å². The van der Waals surface area contributed by atoms with Gasteiger partial charge in [-0.1, -0.05) is 66.0 Å². The van der Waals surface area contributed by atoms with Crippen LogP contribution in [0.4, 0.5) is 26.0 Å². The molecule has 35 heavy (non-hydrogen) atoms. The third-order valence-corrected chi connectivity index (χ3v) is 6.41. The van der Waals surface area contributed by atoms with E-state index in [4.69, 9.17) is 10.9 Å². The lowest BCUT2D eigenvalue weighted by Crippen LogP contribution is -2.31. The van der Waals surface area contributed by atoms with Gasteiger partial charge in [0.1, 0.15) is 5.82 Å². The number of anilines is 3. The van der Waals surface area contributed by atoms with Gasteiger partial charge in [-0.25, -0.2) is 13.8 Å². The van der Waals surface area contributed by atoms with Crippen LogP contribution < -0.4 is 16.1 Å². The number of nitrogens with zero attached hydrogens (tertiary/aromatic N) is 2. The number of nitrogen functional groups attached to an aromatic ring is 1. The first-order valence-corrected chi connectivity index (χ1v) is 12.5. The van der Waals surface area contributed by atoms with Gasteiger partial charge in [0.25, 0.3) is 0 Å². The topological polar surface area (TPSA) is 74.4 Å². The maximum Gasteiger partial charge on any atom is 0.160 e. The molecule has 1 saturated carbocycles. The molecule has 1 heterocycles. The third kappa shape index (κ3) is 8.06. The zero-order chi connectivity index (χ0) is 26.0. The van der Waals surface area contributed by atoms with Crippen LogP contribution in [-0.2, 0) is 0 Å². The zero-order valence-corrected chi connectivity index (χ0v) is 21.4. The molecular weight excluding hydrogens is 446 g/mol. The van der Waals surface area contributed by atoms with E-state index in [9.17, 15) is 8.78 Å². The SMILES string of the molecule is C=C(C(C)C)N(/C(=C\C(C)CC)C1CCCCC1)c1ncccc1N.ONc1ccc(F)cc1F. The maximum absolute atomic E-state index is 12.4. The van der Waals surface area contributed by atoms with E-state index in [-0.39, 0.29) is 5.69 Å². The summed E-state index contributed by atoms with van der Waals surface area (Å²) in [6.45, 7) is 13.3. The van der Waals surface area contributed by atoms with Crippen molar-refractivity contribution in [1.29, 1.82) is 0 Å². The number of hydrogen-bond acceptors (Lipinski definition) is 5. The van der Waals surface area contributed by atoms with E-state index in [1.807, 2.05) is 18.3 Å². The van der Waals surface area contributed by atoms with Crippen molar-refractivity contribution >= 4 is 17.2 Å². The molecule has 3 rings (SSSR count). The Morgan fingerprint density at radius 3 is 2.46 bits per heavy atom. The first-order valence-electron chi connectivity index (χ1n) is 12.5. The molecule has 0 amide bonds. The fraction of sp³-hybridized carbons (Fsp3) is 0.464. The van der Waals surface area contributed by atoms with E-state index >= 15 is 0 Å². The molecule has 1 aliphatic carbocycles. The highest BCUT2D eigenvalue weighted by Crippen LogP contribution is 2.39. The Labute approximate surface area is 208 Å². The molecule has 5 nitrogen and oxygen atoms in total. The predicted molar refractivity (Wildman–Crippen MR) is 141 cm³/mol. The molecule has 0 aliphatic heterocycles. The number of allylic oxidation sites excluding steroid dienone is 3. The molecular formula is C28H40F2N4O. The van der Waals surface area contributed by atoms with E-state index in [1.54, 1.807) is 5.48 Å². The molecule has 0 radical (unpaired) electrons. The standard InChI is InChI=1S/C22H35N3.C6H5F2NO/c1-6-17(4)15-21(19-11-8-7-9-12-19)25(18(5)16(2)3)22-20(23)13-10-14-24-22;7-4-1-2-6(9-10)5(8)3-4/h10,13-17,19H,5-9,11-12,23H2,1-4H3;1-3,9-10H/b21-15-;. The third-order valence-electron chi connectivity index (χ3n) is 6.41. The van der Waals surface area contributed by atoms with E-state index < -0.39 is 11.6 Å². The summed E-state index contributed by atoms with van der Waals surface area (Å²) in [6.07, 6.45) is 11.9. The number of pyridine rings is 1. The van der Waals surface area contributed by atoms with Crippen molar-refractivity contribution in [2.75, 3.05) is 16.1 Å². The second kappa shape index (κ2) is 13.8. The summed E-state index contributed by atoms with van der Waals surface area (Å²) >= 11 is 0. The largest absolute Gasteiger partial charge is 0.396 e. The Morgan fingerprint density at radius 2 is 1.91 bits per heavy atom. The molecule has 1 atom stereocenters. The van der Waals surface area contributed by atoms with E-state index in [2.05, 4.69) is 50.2 Å². The summed E-state index contributed by atoms with van der Waals surface area (Å²) in [7, 11) is 0. The predicted octanol–water partition coefficient (Wildman–Crippen LogP) is 7.92. The van der Waals surface area contributed by atoms with Crippen LogP contribution in [0, 0.1) is 29.4 Å². The molecule has 7 heteroatoms. The van der Waals surface area contributed by atoms with E-state index in [0.717, 1.165) is 35.8 Å². The van der Waals surface area contributed by atoms with Gasteiger partial charge in [0, 0.05) is 23.7 Å². The Hall–Kier alpha value is -2.93. The summed E-state index contributed by atoms with van der Waals surface area (Å²) in [4.78, 5) is 6.90. The second-order valence-electron chi connectivity index (χ2n) is 9.45. The fourth-order valence-corrected chi connectivity index (χ4v) is 4.06. The van der Waals surface area contributed by atoms with Crippen molar-refractivity contribution in [3.63, 3.8) is 0 Å². The minimum Gasteiger partial charge on any atom is -0.396 e. The quantitative estimate of drug-likeness (QED) is 0.331. The zero-order valence-electron chi connectivity index (χ0n) is 21.4. The Morgan fingerprint density at radius 1 is 1.23 bits per heavy atom. The molecule has 1 fully saturated rings. The van der Waals surface area contributed by atoms with Gasteiger partial charge < -0.3 is 10.6 Å². The van der Waals surface area contributed by atoms with Gasteiger partial charge in [-0.05, 0) is 54.9 Å². The fourth-order valence-electron chi connectivity index (χ4n) is 4.06. The van der Waals surface area contributed by atoms with Crippen molar-refractivity contribution < 1.29 is 14.0 Å². The number of halogens is 2. The second-order valence-corrected chi connectivity index (χ2v) is 9.45. The molecule has 1 aromatic carbocycles. The number of aromatic nitrogens is 1. The van der Waals surface area contributed by atoms with Crippen LogP contribution in [0.15, 0.2) is 60.6 Å². The number of hydrogen-bond donors (Lipinski definition) is 3. The van der Waals surface area contributed by atoms with Gasteiger partial charge in [0.15, 0.2) is 11.6 Å². The Kier molecular flexibility index (Phi) is 11.2. The summed E-state index contributed by atoms with van der Waals surface area (Å²) in [6, 6.07) is 6.66.